The van der Waals surface area contributed by atoms with Gasteiger partial charge in [0.15, 0.2) is 0 Å². The van der Waals surface area contributed by atoms with E-state index in [-0.39, 0.29) is 0 Å². The molecular weight excluding hydrogens is 178 g/mol. The standard InChI is InChI=1S/C11H15NO2/c1-4-14-12-9(3)10-5-6-11(13)8(2)7-10/h5-7,13H,4H2,1-3H3/b12-9-. The van der Waals surface area contributed by atoms with Crippen LogP contribution in [0, 0.1) is 6.92 Å². The van der Waals surface area contributed by atoms with Crippen LogP contribution in [0.15, 0.2) is 23.4 Å². The van der Waals surface area contributed by atoms with Gasteiger partial charge in [0.25, 0.3) is 0 Å². The van der Waals surface area contributed by atoms with Gasteiger partial charge in [-0.2, -0.15) is 0 Å². The zero-order valence-electron chi connectivity index (χ0n) is 8.74. The SMILES string of the molecule is CCO/N=C(/C)c1ccc(O)c(C)c1. The highest BCUT2D eigenvalue weighted by Crippen LogP contribution is 2.17. The lowest BCUT2D eigenvalue weighted by molar-refractivity contribution is 0.159. The summed E-state index contributed by atoms with van der Waals surface area (Å²) in [6, 6.07) is 5.36. The van der Waals surface area contributed by atoms with E-state index in [9.17, 15) is 5.11 Å². The minimum Gasteiger partial charge on any atom is -0.508 e. The van der Waals surface area contributed by atoms with Crippen LogP contribution in [0.2, 0.25) is 0 Å². The van der Waals surface area contributed by atoms with Crippen LogP contribution in [-0.4, -0.2) is 17.4 Å². The zero-order valence-corrected chi connectivity index (χ0v) is 8.74. The molecule has 1 aromatic rings. The topological polar surface area (TPSA) is 41.8 Å². The molecule has 0 amide bonds. The first-order chi connectivity index (χ1) is 6.65. The number of oxime groups is 1. The minimum absolute atomic E-state index is 0.304. The largest absolute Gasteiger partial charge is 0.508 e. The van der Waals surface area contributed by atoms with E-state index >= 15 is 0 Å². The number of phenols is 1. The quantitative estimate of drug-likeness (QED) is 0.591. The Hall–Kier alpha value is -1.51. The van der Waals surface area contributed by atoms with Crippen molar-refractivity contribution in [2.45, 2.75) is 20.8 Å². The number of phenolic OH excluding ortho intramolecular Hbond substituents is 1. The van der Waals surface area contributed by atoms with Crippen molar-refractivity contribution in [3.8, 4) is 5.75 Å². The maximum absolute atomic E-state index is 9.33. The Morgan fingerprint density at radius 3 is 2.79 bits per heavy atom. The molecule has 0 radical (unpaired) electrons. The number of hydrogen-bond acceptors (Lipinski definition) is 3. The third-order valence-corrected chi connectivity index (χ3v) is 1.95. The van der Waals surface area contributed by atoms with Crippen molar-refractivity contribution in [2.75, 3.05) is 6.61 Å². The minimum atomic E-state index is 0.304. The molecule has 0 aromatic heterocycles. The summed E-state index contributed by atoms with van der Waals surface area (Å²) in [5, 5.41) is 13.2. The van der Waals surface area contributed by atoms with Crippen LogP contribution in [-0.2, 0) is 4.84 Å². The fraction of sp³-hybridized carbons (Fsp3) is 0.364. The van der Waals surface area contributed by atoms with Gasteiger partial charge in [0.1, 0.15) is 12.4 Å². The van der Waals surface area contributed by atoms with Gasteiger partial charge in [0, 0.05) is 0 Å². The van der Waals surface area contributed by atoms with Gasteiger partial charge in [-0.15, -0.1) is 0 Å². The maximum Gasteiger partial charge on any atom is 0.118 e. The Kier molecular flexibility index (Phi) is 3.51. The number of nitrogens with zero attached hydrogens (tertiary/aromatic N) is 1. The summed E-state index contributed by atoms with van der Waals surface area (Å²) in [5.41, 5.74) is 2.62. The van der Waals surface area contributed by atoms with Crippen molar-refractivity contribution in [3.05, 3.63) is 29.3 Å². The Bertz CT molecular complexity index is 345. The molecule has 0 heterocycles. The molecule has 0 bridgehead atoms. The van der Waals surface area contributed by atoms with Gasteiger partial charge in [-0.3, -0.25) is 0 Å². The van der Waals surface area contributed by atoms with Crippen molar-refractivity contribution < 1.29 is 9.94 Å². The number of hydrogen-bond donors (Lipinski definition) is 1. The summed E-state index contributed by atoms with van der Waals surface area (Å²) < 4.78 is 0. The number of rotatable bonds is 3. The van der Waals surface area contributed by atoms with Crippen LogP contribution >= 0.6 is 0 Å². The smallest absolute Gasteiger partial charge is 0.118 e. The van der Waals surface area contributed by atoms with Gasteiger partial charge in [0.2, 0.25) is 0 Å². The summed E-state index contributed by atoms with van der Waals surface area (Å²) in [6.07, 6.45) is 0. The first-order valence-electron chi connectivity index (χ1n) is 4.61. The van der Waals surface area contributed by atoms with E-state index in [1.807, 2.05) is 32.9 Å². The lowest BCUT2D eigenvalue weighted by Crippen LogP contribution is -1.96. The van der Waals surface area contributed by atoms with E-state index in [0.29, 0.717) is 12.4 Å². The molecule has 0 saturated carbocycles. The molecule has 76 valence electrons. The van der Waals surface area contributed by atoms with Crippen LogP contribution in [0.5, 0.6) is 5.75 Å². The molecular formula is C11H15NO2. The summed E-state index contributed by atoms with van der Waals surface area (Å²) in [5.74, 6) is 0.304. The summed E-state index contributed by atoms with van der Waals surface area (Å²) in [4.78, 5) is 4.95. The van der Waals surface area contributed by atoms with Gasteiger partial charge in [0.05, 0.1) is 5.71 Å². The van der Waals surface area contributed by atoms with Gasteiger partial charge >= 0.3 is 0 Å². The molecule has 0 aliphatic carbocycles. The zero-order chi connectivity index (χ0) is 10.6. The first kappa shape index (κ1) is 10.6. The third kappa shape index (κ3) is 2.49. The van der Waals surface area contributed by atoms with Crippen molar-refractivity contribution in [3.63, 3.8) is 0 Å². The van der Waals surface area contributed by atoms with Crippen molar-refractivity contribution in [2.24, 2.45) is 5.16 Å². The van der Waals surface area contributed by atoms with E-state index in [2.05, 4.69) is 5.16 Å². The summed E-state index contributed by atoms with van der Waals surface area (Å²) in [7, 11) is 0. The highest BCUT2D eigenvalue weighted by Gasteiger charge is 2.01. The van der Waals surface area contributed by atoms with Crippen LogP contribution in [0.25, 0.3) is 0 Å². The fourth-order valence-electron chi connectivity index (χ4n) is 1.09. The highest BCUT2D eigenvalue weighted by molar-refractivity contribution is 5.98. The molecule has 0 saturated heterocycles. The third-order valence-electron chi connectivity index (χ3n) is 1.95. The second kappa shape index (κ2) is 4.65. The molecule has 1 N–H and O–H groups in total. The molecule has 0 unspecified atom stereocenters. The Morgan fingerprint density at radius 2 is 2.21 bits per heavy atom. The van der Waals surface area contributed by atoms with Crippen LogP contribution in [0.1, 0.15) is 25.0 Å². The molecule has 1 aromatic carbocycles. The maximum atomic E-state index is 9.33. The van der Waals surface area contributed by atoms with Crippen molar-refractivity contribution in [1.29, 1.82) is 0 Å². The molecule has 0 atom stereocenters. The van der Waals surface area contributed by atoms with Gasteiger partial charge < -0.3 is 9.94 Å². The van der Waals surface area contributed by atoms with Gasteiger partial charge in [-0.05, 0) is 50.1 Å². The molecule has 0 spiro atoms. The first-order valence-corrected chi connectivity index (χ1v) is 4.61. The van der Waals surface area contributed by atoms with E-state index in [4.69, 9.17) is 4.84 Å². The van der Waals surface area contributed by atoms with Gasteiger partial charge in [-0.1, -0.05) is 5.16 Å². The molecule has 3 heteroatoms. The second-order valence-corrected chi connectivity index (χ2v) is 3.10. The van der Waals surface area contributed by atoms with E-state index < -0.39 is 0 Å². The highest BCUT2D eigenvalue weighted by atomic mass is 16.6. The number of benzene rings is 1. The molecule has 0 aliphatic rings. The molecule has 1 rings (SSSR count). The van der Waals surface area contributed by atoms with Crippen LogP contribution in [0.4, 0.5) is 0 Å². The fourth-order valence-corrected chi connectivity index (χ4v) is 1.09. The lowest BCUT2D eigenvalue weighted by Gasteiger charge is -2.03. The van der Waals surface area contributed by atoms with Crippen molar-refractivity contribution >= 4 is 5.71 Å². The van der Waals surface area contributed by atoms with Gasteiger partial charge in [-0.25, -0.2) is 0 Å². The number of aromatic hydroxyl groups is 1. The molecule has 0 fully saturated rings. The monoisotopic (exact) mass is 193 g/mol. The Balaban J connectivity index is 2.91. The average molecular weight is 193 g/mol. The second-order valence-electron chi connectivity index (χ2n) is 3.10. The predicted molar refractivity (Wildman–Crippen MR) is 56.7 cm³/mol. The molecule has 3 nitrogen and oxygen atoms in total. The predicted octanol–water partition coefficient (Wildman–Crippen LogP) is 2.46. The number of aryl methyl sites for hydroxylation is 1. The Morgan fingerprint density at radius 1 is 1.50 bits per heavy atom. The summed E-state index contributed by atoms with van der Waals surface area (Å²) >= 11 is 0. The lowest BCUT2D eigenvalue weighted by atomic mass is 10.1. The normalized spacial score (nSPS) is 11.5. The van der Waals surface area contributed by atoms with Crippen molar-refractivity contribution in [1.82, 2.24) is 0 Å². The molecule has 14 heavy (non-hydrogen) atoms. The Labute approximate surface area is 84.0 Å². The summed E-state index contributed by atoms with van der Waals surface area (Å²) in [6.45, 7) is 6.18. The van der Waals surface area contributed by atoms with E-state index in [1.165, 1.54) is 0 Å². The molecule has 0 aliphatic heterocycles. The van der Waals surface area contributed by atoms with E-state index in [1.54, 1.807) is 6.07 Å². The van der Waals surface area contributed by atoms with Crippen LogP contribution < -0.4 is 0 Å². The van der Waals surface area contributed by atoms with E-state index in [0.717, 1.165) is 16.8 Å². The average Bonchev–Trinajstić information content (AvgIpc) is 2.18. The van der Waals surface area contributed by atoms with Crippen LogP contribution in [0.3, 0.4) is 0 Å².